The fourth-order valence-electron chi connectivity index (χ4n) is 9.19. The van der Waals surface area contributed by atoms with E-state index in [1.54, 1.807) is 20.8 Å². The Morgan fingerprint density at radius 3 is 2.25 bits per heavy atom. The highest BCUT2D eigenvalue weighted by atomic mass is 16.6. The fraction of sp³-hybridized carbons (Fsp3) is 0.698. The molecule has 0 aromatic carbocycles. The molecule has 0 amide bonds. The molecule has 2 bridgehead atoms. The van der Waals surface area contributed by atoms with Gasteiger partial charge in [0, 0.05) is 43.9 Å². The minimum atomic E-state index is -1.73. The summed E-state index contributed by atoms with van der Waals surface area (Å²) in [5.41, 5.74) is -0.967. The highest BCUT2D eigenvalue weighted by Gasteiger charge is 2.60. The van der Waals surface area contributed by atoms with Gasteiger partial charge in [0.2, 0.25) is 0 Å². The normalized spacial score (nSPS) is 38.7. The molecule has 9 atom stereocenters. The monoisotopic (exact) mass is 738 g/mol. The quantitative estimate of drug-likeness (QED) is 0.238. The fourth-order valence-corrected chi connectivity index (χ4v) is 9.19. The van der Waals surface area contributed by atoms with Crippen LogP contribution >= 0.6 is 0 Å². The zero-order chi connectivity index (χ0) is 39.6. The standard InChI is InChI=1S/C43H62O10/c1-24(2)31-21-35(46)27(5)13-11-12-25(3)18-30(45)23-43(40(48)51-10)33-19-26(4)14-15-36-41(8,49)17-16-37(53-36)42(9,50)38(52-29(7)44)22-32(33)28(6)20-34(43)39(31)47/h13,18-19,24,31,33-34,36-38,49-50H,11-12,14-17,20-23H2,1-10H3/b25-18+,26-19?,27-13+/t31-,33-,34+,36+,37+,38-,41+,42-,43+/m0/s1. The number of rotatable bonds is 3. The van der Waals surface area contributed by atoms with Crippen molar-refractivity contribution in [3.8, 4) is 0 Å². The summed E-state index contributed by atoms with van der Waals surface area (Å²) in [4.78, 5) is 70.4. The predicted octanol–water partition coefficient (Wildman–Crippen LogP) is 6.66. The van der Waals surface area contributed by atoms with Crippen molar-refractivity contribution in [3.05, 3.63) is 46.1 Å². The number of allylic oxidation sites excluding steroid dienone is 7. The molecule has 2 N–H and O–H groups in total. The van der Waals surface area contributed by atoms with Gasteiger partial charge in [-0.15, -0.1) is 0 Å². The molecule has 0 saturated carbocycles. The molecule has 53 heavy (non-hydrogen) atoms. The second-order valence-electron chi connectivity index (χ2n) is 17.1. The molecule has 294 valence electrons. The highest BCUT2D eigenvalue weighted by Crippen LogP contribution is 2.56. The minimum absolute atomic E-state index is 0.00736. The molecule has 4 rings (SSSR count). The topological polar surface area (TPSA) is 154 Å². The first kappa shape index (κ1) is 42.5. The molecular weight excluding hydrogens is 676 g/mol. The van der Waals surface area contributed by atoms with E-state index in [-0.39, 0.29) is 49.0 Å². The molecule has 0 aromatic rings. The maximum absolute atomic E-state index is 15.1. The Balaban J connectivity index is 2.06. The van der Waals surface area contributed by atoms with Crippen LogP contribution in [0.3, 0.4) is 0 Å². The Bertz CT molecular complexity index is 1590. The molecule has 0 radical (unpaired) electrons. The molecule has 0 aromatic heterocycles. The molecule has 0 unspecified atom stereocenters. The number of Topliss-reactive ketones (excluding diaryl/α,β-unsaturated/α-hetero) is 2. The van der Waals surface area contributed by atoms with E-state index in [1.165, 1.54) is 20.1 Å². The van der Waals surface area contributed by atoms with Gasteiger partial charge in [-0.1, -0.05) is 48.3 Å². The number of esters is 2. The largest absolute Gasteiger partial charge is 0.469 e. The molecule has 2 aliphatic carbocycles. The van der Waals surface area contributed by atoms with E-state index in [4.69, 9.17) is 14.2 Å². The number of methoxy groups -OCH3 is 1. The van der Waals surface area contributed by atoms with Crippen LogP contribution in [0.1, 0.15) is 127 Å². The van der Waals surface area contributed by atoms with Gasteiger partial charge in [0.1, 0.15) is 17.5 Å². The molecule has 2 aliphatic heterocycles. The zero-order valence-corrected chi connectivity index (χ0v) is 33.5. The lowest BCUT2D eigenvalue weighted by molar-refractivity contribution is -0.239. The zero-order valence-electron chi connectivity index (χ0n) is 33.5. The van der Waals surface area contributed by atoms with Crippen LogP contribution < -0.4 is 0 Å². The molecule has 10 nitrogen and oxygen atoms in total. The van der Waals surface area contributed by atoms with Crippen LogP contribution in [0.4, 0.5) is 0 Å². The van der Waals surface area contributed by atoms with Crippen molar-refractivity contribution >= 4 is 29.3 Å². The highest BCUT2D eigenvalue weighted by molar-refractivity contribution is 6.01. The van der Waals surface area contributed by atoms with Crippen molar-refractivity contribution in [1.29, 1.82) is 0 Å². The van der Waals surface area contributed by atoms with E-state index in [0.717, 1.165) is 16.7 Å². The first-order valence-electron chi connectivity index (χ1n) is 19.3. The average molecular weight is 739 g/mol. The summed E-state index contributed by atoms with van der Waals surface area (Å²) < 4.78 is 17.9. The Morgan fingerprint density at radius 2 is 1.62 bits per heavy atom. The van der Waals surface area contributed by atoms with Gasteiger partial charge >= 0.3 is 11.9 Å². The number of ether oxygens (including phenoxy) is 3. The summed E-state index contributed by atoms with van der Waals surface area (Å²) in [6.07, 6.45) is 5.14. The van der Waals surface area contributed by atoms with E-state index < -0.39 is 64.6 Å². The summed E-state index contributed by atoms with van der Waals surface area (Å²) in [6, 6.07) is 0. The van der Waals surface area contributed by atoms with E-state index >= 15 is 4.79 Å². The lowest BCUT2D eigenvalue weighted by atomic mass is 9.52. The van der Waals surface area contributed by atoms with Gasteiger partial charge in [0.15, 0.2) is 11.6 Å². The lowest BCUT2D eigenvalue weighted by Gasteiger charge is -2.51. The number of fused-ring (bicyclic) bond motifs is 5. The van der Waals surface area contributed by atoms with Gasteiger partial charge in [-0.05, 0) is 104 Å². The summed E-state index contributed by atoms with van der Waals surface area (Å²) in [5.74, 6) is -4.91. The summed E-state index contributed by atoms with van der Waals surface area (Å²) in [7, 11) is 1.26. The van der Waals surface area contributed by atoms with E-state index in [1.807, 2.05) is 46.8 Å². The molecule has 10 heteroatoms. The first-order chi connectivity index (χ1) is 24.6. The van der Waals surface area contributed by atoms with E-state index in [0.29, 0.717) is 49.7 Å². The molecule has 0 spiro atoms. The van der Waals surface area contributed by atoms with Crippen molar-refractivity contribution < 1.29 is 48.4 Å². The van der Waals surface area contributed by atoms with Crippen LogP contribution in [-0.2, 0) is 38.2 Å². The lowest BCUT2D eigenvalue weighted by Crippen LogP contribution is -2.60. The second-order valence-corrected chi connectivity index (χ2v) is 17.1. The van der Waals surface area contributed by atoms with Crippen molar-refractivity contribution in [2.45, 2.75) is 156 Å². The number of ketones is 3. The number of carbonyl (C=O) groups excluding carboxylic acids is 5. The van der Waals surface area contributed by atoms with Gasteiger partial charge in [0.25, 0.3) is 0 Å². The van der Waals surface area contributed by atoms with Crippen LogP contribution in [0, 0.1) is 29.1 Å². The summed E-state index contributed by atoms with van der Waals surface area (Å²) in [5, 5.41) is 23.6. The van der Waals surface area contributed by atoms with Crippen molar-refractivity contribution in [2.24, 2.45) is 29.1 Å². The Kier molecular flexibility index (Phi) is 13.4. The number of carbonyl (C=O) groups is 5. The van der Waals surface area contributed by atoms with Gasteiger partial charge in [-0.3, -0.25) is 24.0 Å². The summed E-state index contributed by atoms with van der Waals surface area (Å²) >= 11 is 0. The average Bonchev–Trinajstić information content (AvgIpc) is 3.06. The molecule has 4 aliphatic rings. The van der Waals surface area contributed by atoms with Gasteiger partial charge in [-0.2, -0.15) is 0 Å². The minimum Gasteiger partial charge on any atom is -0.469 e. The smallest absolute Gasteiger partial charge is 0.313 e. The maximum Gasteiger partial charge on any atom is 0.313 e. The first-order valence-corrected chi connectivity index (χ1v) is 19.3. The van der Waals surface area contributed by atoms with E-state index in [2.05, 4.69) is 0 Å². The maximum atomic E-state index is 15.1. The van der Waals surface area contributed by atoms with Gasteiger partial charge < -0.3 is 24.4 Å². The Morgan fingerprint density at radius 1 is 0.943 bits per heavy atom. The molecular formula is C43H62O10. The predicted molar refractivity (Wildman–Crippen MR) is 200 cm³/mol. The van der Waals surface area contributed by atoms with Crippen LogP contribution in [0.2, 0.25) is 0 Å². The van der Waals surface area contributed by atoms with Crippen LogP contribution in [0.5, 0.6) is 0 Å². The SMILES string of the molecule is COC(=O)[C@@]12CC(=O)/C=C(\C)CC/C=C(\C)C(=O)C[C@@H](C(C)C)C(=O)[C@H]1CC(C)=C1C[C@H](OC(C)=O)[C@@](C)(O)[C@H]3CC[C@@](C)(O)[C@@H](CCC(C)=C[C@@H]12)O3. The van der Waals surface area contributed by atoms with Crippen LogP contribution in [0.15, 0.2) is 46.1 Å². The summed E-state index contributed by atoms with van der Waals surface area (Å²) in [6.45, 7) is 15.7. The third kappa shape index (κ3) is 9.03. The second kappa shape index (κ2) is 16.7. The van der Waals surface area contributed by atoms with Crippen molar-refractivity contribution in [1.82, 2.24) is 0 Å². The number of hydrogen-bond acceptors (Lipinski definition) is 10. The molecule has 2 heterocycles. The third-order valence-corrected chi connectivity index (χ3v) is 12.6. The number of aliphatic hydroxyl groups is 2. The number of hydrogen-bond donors (Lipinski definition) is 2. The van der Waals surface area contributed by atoms with Gasteiger partial charge in [-0.25, -0.2) is 0 Å². The Labute approximate surface area is 315 Å². The Hall–Kier alpha value is -3.21. The van der Waals surface area contributed by atoms with Crippen LogP contribution in [-0.4, -0.2) is 76.1 Å². The molecule has 1 saturated heterocycles. The third-order valence-electron chi connectivity index (χ3n) is 12.6. The van der Waals surface area contributed by atoms with E-state index in [9.17, 15) is 29.4 Å². The molecule has 1 fully saturated rings. The van der Waals surface area contributed by atoms with Gasteiger partial charge in [0.05, 0.1) is 30.3 Å². The van der Waals surface area contributed by atoms with Crippen molar-refractivity contribution in [2.75, 3.05) is 7.11 Å². The van der Waals surface area contributed by atoms with Crippen molar-refractivity contribution in [3.63, 3.8) is 0 Å². The van der Waals surface area contributed by atoms with Crippen LogP contribution in [0.25, 0.3) is 0 Å².